The van der Waals surface area contributed by atoms with E-state index in [4.69, 9.17) is 10.00 Å². The van der Waals surface area contributed by atoms with E-state index in [9.17, 15) is 0 Å². The monoisotopic (exact) mass is 327 g/mol. The fraction of sp³-hybridized carbons (Fsp3) is 0. The molecule has 0 spiro atoms. The fourth-order valence-corrected chi connectivity index (χ4v) is 2.52. The minimum Gasteiger partial charge on any atom is -0.457 e. The standard InChI is InChI=1S/C19H13N5O/c20-12-18-19(22-23-21-18)14-10-11-24(13-14)15-6-8-17(9-7-15)25-16-4-2-1-3-5-16/h1-11,13H,(H,21,22,23). The zero-order valence-electron chi connectivity index (χ0n) is 13.1. The van der Waals surface area contributed by atoms with E-state index in [2.05, 4.69) is 15.4 Å². The second-order valence-electron chi connectivity index (χ2n) is 5.35. The molecule has 6 nitrogen and oxygen atoms in total. The number of ether oxygens (including phenoxy) is 1. The highest BCUT2D eigenvalue weighted by atomic mass is 16.5. The summed E-state index contributed by atoms with van der Waals surface area (Å²) in [5, 5.41) is 19.4. The van der Waals surface area contributed by atoms with Gasteiger partial charge >= 0.3 is 0 Å². The quantitative estimate of drug-likeness (QED) is 0.616. The predicted octanol–water partition coefficient (Wildman–Crippen LogP) is 3.93. The van der Waals surface area contributed by atoms with Crippen molar-refractivity contribution in [2.24, 2.45) is 0 Å². The Kier molecular flexibility index (Phi) is 3.73. The largest absolute Gasteiger partial charge is 0.457 e. The Morgan fingerprint density at radius 1 is 0.920 bits per heavy atom. The van der Waals surface area contributed by atoms with Gasteiger partial charge in [0, 0.05) is 23.6 Å². The molecule has 0 amide bonds. The molecular weight excluding hydrogens is 314 g/mol. The van der Waals surface area contributed by atoms with Crippen LogP contribution in [0.5, 0.6) is 11.5 Å². The first-order valence-electron chi connectivity index (χ1n) is 7.66. The number of rotatable bonds is 4. The van der Waals surface area contributed by atoms with E-state index >= 15 is 0 Å². The number of benzene rings is 2. The van der Waals surface area contributed by atoms with Gasteiger partial charge in [-0.15, -0.1) is 5.10 Å². The lowest BCUT2D eigenvalue weighted by Gasteiger charge is -2.07. The van der Waals surface area contributed by atoms with Crippen molar-refractivity contribution in [2.75, 3.05) is 0 Å². The molecule has 120 valence electrons. The highest BCUT2D eigenvalue weighted by molar-refractivity contribution is 5.64. The Bertz CT molecular complexity index is 1030. The number of nitrogens with one attached hydrogen (secondary N) is 1. The van der Waals surface area contributed by atoms with Gasteiger partial charge in [-0.3, -0.25) is 0 Å². The van der Waals surface area contributed by atoms with Crippen molar-refractivity contribution in [3.63, 3.8) is 0 Å². The Morgan fingerprint density at radius 3 is 2.44 bits per heavy atom. The summed E-state index contributed by atoms with van der Waals surface area (Å²) in [6.07, 6.45) is 3.82. The van der Waals surface area contributed by atoms with E-state index in [1.807, 2.05) is 83.7 Å². The first kappa shape index (κ1) is 14.7. The van der Waals surface area contributed by atoms with Crippen molar-refractivity contribution in [3.05, 3.63) is 78.8 Å². The van der Waals surface area contributed by atoms with Crippen LogP contribution in [0.3, 0.4) is 0 Å². The predicted molar refractivity (Wildman–Crippen MR) is 92.4 cm³/mol. The summed E-state index contributed by atoms with van der Waals surface area (Å²) >= 11 is 0. The fourth-order valence-electron chi connectivity index (χ4n) is 2.52. The molecular formula is C19H13N5O. The molecule has 0 aliphatic rings. The zero-order chi connectivity index (χ0) is 17.1. The summed E-state index contributed by atoms with van der Waals surface area (Å²) in [4.78, 5) is 0. The highest BCUT2D eigenvalue weighted by Crippen LogP contribution is 2.24. The maximum atomic E-state index is 9.05. The van der Waals surface area contributed by atoms with E-state index in [1.165, 1.54) is 0 Å². The average Bonchev–Trinajstić information content (AvgIpc) is 3.32. The SMILES string of the molecule is N#Cc1n[nH]nc1-c1ccn(-c2ccc(Oc3ccccc3)cc2)c1. The van der Waals surface area contributed by atoms with Crippen molar-refractivity contribution in [1.82, 2.24) is 20.0 Å². The van der Waals surface area contributed by atoms with Crippen LogP contribution < -0.4 is 4.74 Å². The summed E-state index contributed by atoms with van der Waals surface area (Å²) < 4.78 is 7.75. The lowest BCUT2D eigenvalue weighted by Crippen LogP contribution is -1.90. The lowest BCUT2D eigenvalue weighted by atomic mass is 10.2. The maximum absolute atomic E-state index is 9.05. The maximum Gasteiger partial charge on any atom is 0.190 e. The molecule has 0 unspecified atom stereocenters. The molecule has 0 aliphatic carbocycles. The summed E-state index contributed by atoms with van der Waals surface area (Å²) in [6, 6.07) is 21.3. The van der Waals surface area contributed by atoms with Crippen LogP contribution in [0.25, 0.3) is 16.9 Å². The molecule has 0 saturated heterocycles. The van der Waals surface area contributed by atoms with Crippen LogP contribution in [-0.4, -0.2) is 20.0 Å². The van der Waals surface area contributed by atoms with E-state index in [0.29, 0.717) is 5.69 Å². The van der Waals surface area contributed by atoms with Gasteiger partial charge in [0.15, 0.2) is 5.69 Å². The van der Waals surface area contributed by atoms with Gasteiger partial charge < -0.3 is 9.30 Å². The Morgan fingerprint density at radius 2 is 1.68 bits per heavy atom. The zero-order valence-corrected chi connectivity index (χ0v) is 13.1. The number of hydrogen-bond donors (Lipinski definition) is 1. The van der Waals surface area contributed by atoms with Crippen molar-refractivity contribution in [1.29, 1.82) is 5.26 Å². The van der Waals surface area contributed by atoms with Crippen molar-refractivity contribution >= 4 is 0 Å². The Labute approximate surface area is 143 Å². The number of H-pyrrole nitrogens is 1. The third-order valence-electron chi connectivity index (χ3n) is 3.73. The number of para-hydroxylation sites is 1. The first-order chi connectivity index (χ1) is 12.3. The van der Waals surface area contributed by atoms with Crippen LogP contribution in [0.4, 0.5) is 0 Å². The van der Waals surface area contributed by atoms with Crippen molar-refractivity contribution < 1.29 is 4.74 Å². The van der Waals surface area contributed by atoms with Crippen molar-refractivity contribution in [3.8, 4) is 34.5 Å². The van der Waals surface area contributed by atoms with Crippen LogP contribution in [-0.2, 0) is 0 Å². The Hall–Kier alpha value is -3.85. The Balaban J connectivity index is 1.56. The second kappa shape index (κ2) is 6.34. The van der Waals surface area contributed by atoms with Crippen LogP contribution in [0, 0.1) is 11.3 Å². The molecule has 2 aromatic carbocycles. The van der Waals surface area contributed by atoms with Gasteiger partial charge in [-0.2, -0.15) is 15.6 Å². The minimum absolute atomic E-state index is 0.282. The average molecular weight is 327 g/mol. The molecule has 4 rings (SSSR count). The van der Waals surface area contributed by atoms with Gasteiger partial charge in [0.05, 0.1) is 0 Å². The number of nitrogens with zero attached hydrogens (tertiary/aromatic N) is 4. The normalized spacial score (nSPS) is 10.4. The molecule has 0 bridgehead atoms. The summed E-state index contributed by atoms with van der Waals surface area (Å²) in [7, 11) is 0. The third-order valence-corrected chi connectivity index (χ3v) is 3.73. The van der Waals surface area contributed by atoms with E-state index in [-0.39, 0.29) is 5.69 Å². The van der Waals surface area contributed by atoms with Gasteiger partial charge in [-0.25, -0.2) is 0 Å². The minimum atomic E-state index is 0.282. The van der Waals surface area contributed by atoms with Crippen LogP contribution in [0.15, 0.2) is 73.1 Å². The molecule has 2 heterocycles. The topological polar surface area (TPSA) is 79.5 Å². The molecule has 1 N–H and O–H groups in total. The van der Waals surface area contributed by atoms with Crippen molar-refractivity contribution in [2.45, 2.75) is 0 Å². The number of aromatic nitrogens is 4. The molecule has 0 radical (unpaired) electrons. The lowest BCUT2D eigenvalue weighted by molar-refractivity contribution is 0.482. The molecule has 0 fully saturated rings. The summed E-state index contributed by atoms with van der Waals surface area (Å²) in [5.74, 6) is 1.57. The number of hydrogen-bond acceptors (Lipinski definition) is 4. The number of aromatic amines is 1. The first-order valence-corrected chi connectivity index (χ1v) is 7.66. The van der Waals surface area contributed by atoms with E-state index in [0.717, 1.165) is 22.7 Å². The van der Waals surface area contributed by atoms with Gasteiger partial charge in [0.1, 0.15) is 23.3 Å². The molecule has 2 aromatic heterocycles. The highest BCUT2D eigenvalue weighted by Gasteiger charge is 2.11. The van der Waals surface area contributed by atoms with Gasteiger partial charge in [0.25, 0.3) is 0 Å². The molecule has 4 aromatic rings. The van der Waals surface area contributed by atoms with Crippen LogP contribution in [0.1, 0.15) is 5.69 Å². The molecule has 0 aliphatic heterocycles. The van der Waals surface area contributed by atoms with E-state index in [1.54, 1.807) is 0 Å². The molecule has 6 heteroatoms. The van der Waals surface area contributed by atoms with Crippen LogP contribution >= 0.6 is 0 Å². The molecule has 25 heavy (non-hydrogen) atoms. The smallest absolute Gasteiger partial charge is 0.190 e. The second-order valence-corrected chi connectivity index (χ2v) is 5.35. The third kappa shape index (κ3) is 2.99. The number of nitriles is 1. The van der Waals surface area contributed by atoms with E-state index < -0.39 is 0 Å². The van der Waals surface area contributed by atoms with Gasteiger partial charge in [-0.05, 0) is 42.5 Å². The summed E-state index contributed by atoms with van der Waals surface area (Å²) in [5.41, 5.74) is 2.64. The van der Waals surface area contributed by atoms with Gasteiger partial charge in [-0.1, -0.05) is 18.2 Å². The summed E-state index contributed by atoms with van der Waals surface area (Å²) in [6.45, 7) is 0. The van der Waals surface area contributed by atoms with Crippen LogP contribution in [0.2, 0.25) is 0 Å². The van der Waals surface area contributed by atoms with Gasteiger partial charge in [0.2, 0.25) is 0 Å². The molecule has 0 atom stereocenters. The molecule has 0 saturated carbocycles.